The summed E-state index contributed by atoms with van der Waals surface area (Å²) >= 11 is 0. The highest BCUT2D eigenvalue weighted by Gasteiger charge is 2.59. The van der Waals surface area contributed by atoms with E-state index >= 15 is 8.78 Å². The van der Waals surface area contributed by atoms with Gasteiger partial charge in [0.1, 0.15) is 0 Å². The number of benzene rings is 2. The molecule has 2 aromatic rings. The van der Waals surface area contributed by atoms with Crippen LogP contribution in [-0.4, -0.2) is 20.0 Å². The van der Waals surface area contributed by atoms with Crippen molar-refractivity contribution in [2.75, 3.05) is 0 Å². The summed E-state index contributed by atoms with van der Waals surface area (Å²) in [4.78, 5) is 12.6. The van der Waals surface area contributed by atoms with Crippen LogP contribution < -0.4 is 0 Å². The predicted octanol–water partition coefficient (Wildman–Crippen LogP) is 5.27. The lowest BCUT2D eigenvalue weighted by Gasteiger charge is -2.41. The molecule has 0 aliphatic rings. The Morgan fingerprint density at radius 1 is 0.917 bits per heavy atom. The molecule has 0 saturated heterocycles. The average Bonchev–Trinajstić information content (AvgIpc) is 2.54. The van der Waals surface area contributed by atoms with E-state index in [1.165, 1.54) is 19.1 Å². The van der Waals surface area contributed by atoms with E-state index < -0.39 is 25.6 Å². The van der Waals surface area contributed by atoms with Gasteiger partial charge in [-0.25, -0.2) is 0 Å². The molecular formula is C19H22F2O2Si. The first-order valence-electron chi connectivity index (χ1n) is 7.81. The van der Waals surface area contributed by atoms with E-state index in [1.54, 1.807) is 48.5 Å². The van der Waals surface area contributed by atoms with Crippen molar-refractivity contribution in [3.8, 4) is 0 Å². The average molecular weight is 348 g/mol. The maximum absolute atomic E-state index is 15.3. The fourth-order valence-electron chi connectivity index (χ4n) is 2.66. The van der Waals surface area contributed by atoms with Crippen molar-refractivity contribution >= 4 is 14.1 Å². The maximum Gasteiger partial charge on any atom is 0.340 e. The van der Waals surface area contributed by atoms with Gasteiger partial charge in [0.15, 0.2) is 13.9 Å². The quantitative estimate of drug-likeness (QED) is 0.525. The van der Waals surface area contributed by atoms with E-state index in [1.807, 2.05) is 19.6 Å². The number of carbonyl (C=O) groups excluding carboxylic acids is 1. The number of halogens is 2. The summed E-state index contributed by atoms with van der Waals surface area (Å²) in [6, 6.07) is 15.9. The molecule has 0 aliphatic heterocycles. The molecule has 0 aromatic heterocycles. The molecule has 2 nitrogen and oxygen atoms in total. The van der Waals surface area contributed by atoms with E-state index in [2.05, 4.69) is 0 Å². The lowest BCUT2D eigenvalue weighted by atomic mass is 9.85. The van der Waals surface area contributed by atoms with Crippen LogP contribution in [0.2, 0.25) is 19.6 Å². The summed E-state index contributed by atoms with van der Waals surface area (Å²) in [5, 5.41) is 0. The molecule has 128 valence electrons. The van der Waals surface area contributed by atoms with Crippen molar-refractivity contribution in [2.24, 2.45) is 0 Å². The Morgan fingerprint density at radius 2 is 1.38 bits per heavy atom. The zero-order chi connectivity index (χ0) is 18.0. The third kappa shape index (κ3) is 3.62. The molecule has 0 heterocycles. The first kappa shape index (κ1) is 18.5. The zero-order valence-corrected chi connectivity index (χ0v) is 15.3. The second-order valence-electron chi connectivity index (χ2n) is 6.88. The number of hydrogen-bond acceptors (Lipinski definition) is 2. The van der Waals surface area contributed by atoms with Crippen LogP contribution in [-0.2, 0) is 10.0 Å². The molecule has 0 fully saturated rings. The Labute approximate surface area is 142 Å². The zero-order valence-electron chi connectivity index (χ0n) is 14.3. The standard InChI is InChI=1S/C19H22F2O2Si/c1-18(23-24(2,3)4,16-13-9-6-10-14-16)19(20,21)17(22)15-11-7-5-8-12-15/h5-14H,1-4H3. The number of hydrogen-bond donors (Lipinski definition) is 0. The molecular weight excluding hydrogens is 326 g/mol. The first-order valence-corrected chi connectivity index (χ1v) is 11.2. The van der Waals surface area contributed by atoms with Gasteiger partial charge in [-0.05, 0) is 32.1 Å². The van der Waals surface area contributed by atoms with Crippen LogP contribution in [0.4, 0.5) is 8.78 Å². The van der Waals surface area contributed by atoms with Gasteiger partial charge in [-0.2, -0.15) is 8.78 Å². The van der Waals surface area contributed by atoms with Gasteiger partial charge in [0.2, 0.25) is 5.78 Å². The van der Waals surface area contributed by atoms with Crippen LogP contribution in [0.5, 0.6) is 0 Å². The third-order valence-electron chi connectivity index (χ3n) is 3.76. The van der Waals surface area contributed by atoms with Gasteiger partial charge in [-0.15, -0.1) is 0 Å². The Kier molecular flexibility index (Phi) is 5.06. The molecule has 0 bridgehead atoms. The SMILES string of the molecule is CC(O[Si](C)(C)C)(c1ccccc1)C(F)(F)C(=O)c1ccccc1. The summed E-state index contributed by atoms with van der Waals surface area (Å²) in [5.41, 5.74) is -1.75. The van der Waals surface area contributed by atoms with Gasteiger partial charge >= 0.3 is 5.92 Å². The molecule has 0 saturated carbocycles. The van der Waals surface area contributed by atoms with Crippen LogP contribution in [0, 0.1) is 0 Å². The first-order chi connectivity index (χ1) is 11.1. The van der Waals surface area contributed by atoms with Crippen molar-refractivity contribution < 1.29 is 18.0 Å². The molecule has 2 aromatic carbocycles. The number of Topliss-reactive ketones (excluding diaryl/α,β-unsaturated/α-hetero) is 1. The van der Waals surface area contributed by atoms with Crippen LogP contribution in [0.15, 0.2) is 60.7 Å². The van der Waals surface area contributed by atoms with Crippen molar-refractivity contribution in [3.63, 3.8) is 0 Å². The fourth-order valence-corrected chi connectivity index (χ4v) is 4.13. The molecule has 0 N–H and O–H groups in total. The van der Waals surface area contributed by atoms with Gasteiger partial charge in [0.25, 0.3) is 0 Å². The van der Waals surface area contributed by atoms with Crippen molar-refractivity contribution in [2.45, 2.75) is 38.1 Å². The summed E-state index contributed by atoms with van der Waals surface area (Å²) in [6.07, 6.45) is 0. The molecule has 1 unspecified atom stereocenters. The summed E-state index contributed by atoms with van der Waals surface area (Å²) in [5.74, 6) is -4.93. The van der Waals surface area contributed by atoms with Gasteiger partial charge in [-0.3, -0.25) is 4.79 Å². The normalized spacial score (nSPS) is 14.9. The second-order valence-corrected chi connectivity index (χ2v) is 11.3. The highest BCUT2D eigenvalue weighted by Crippen LogP contribution is 2.44. The summed E-state index contributed by atoms with van der Waals surface area (Å²) in [7, 11) is -2.36. The minimum Gasteiger partial charge on any atom is -0.402 e. The van der Waals surface area contributed by atoms with Gasteiger partial charge in [-0.1, -0.05) is 60.7 Å². The van der Waals surface area contributed by atoms with Crippen LogP contribution in [0.3, 0.4) is 0 Å². The summed E-state index contributed by atoms with van der Waals surface area (Å²) < 4.78 is 36.5. The molecule has 0 radical (unpaired) electrons. The molecule has 0 amide bonds. The van der Waals surface area contributed by atoms with Crippen molar-refractivity contribution in [1.82, 2.24) is 0 Å². The Bertz CT molecular complexity index is 696. The largest absolute Gasteiger partial charge is 0.402 e. The van der Waals surface area contributed by atoms with E-state index in [0.717, 1.165) is 0 Å². The van der Waals surface area contributed by atoms with Crippen molar-refractivity contribution in [3.05, 3.63) is 71.8 Å². The minimum absolute atomic E-state index is 0.0242. The van der Waals surface area contributed by atoms with E-state index in [9.17, 15) is 4.79 Å². The molecule has 5 heteroatoms. The van der Waals surface area contributed by atoms with Gasteiger partial charge < -0.3 is 4.43 Å². The highest BCUT2D eigenvalue weighted by molar-refractivity contribution is 6.69. The smallest absolute Gasteiger partial charge is 0.340 e. The Balaban J connectivity index is 2.55. The number of ketones is 1. The van der Waals surface area contributed by atoms with Crippen molar-refractivity contribution in [1.29, 1.82) is 0 Å². The van der Waals surface area contributed by atoms with Crippen LogP contribution >= 0.6 is 0 Å². The maximum atomic E-state index is 15.3. The van der Waals surface area contributed by atoms with E-state index in [4.69, 9.17) is 4.43 Å². The third-order valence-corrected chi connectivity index (χ3v) is 4.78. The molecule has 24 heavy (non-hydrogen) atoms. The molecule has 0 spiro atoms. The topological polar surface area (TPSA) is 26.3 Å². The van der Waals surface area contributed by atoms with Gasteiger partial charge in [0, 0.05) is 5.56 Å². The lowest BCUT2D eigenvalue weighted by molar-refractivity contribution is -0.134. The number of alkyl halides is 2. The van der Waals surface area contributed by atoms with E-state index in [0.29, 0.717) is 5.56 Å². The Hall–Kier alpha value is -1.85. The minimum atomic E-state index is -3.70. The highest BCUT2D eigenvalue weighted by atomic mass is 28.4. The number of carbonyl (C=O) groups is 1. The van der Waals surface area contributed by atoms with Crippen LogP contribution in [0.25, 0.3) is 0 Å². The second kappa shape index (κ2) is 6.57. The molecule has 1 atom stereocenters. The predicted molar refractivity (Wildman–Crippen MR) is 93.9 cm³/mol. The summed E-state index contributed by atoms with van der Waals surface area (Å²) in [6.45, 7) is 6.80. The molecule has 0 aliphatic carbocycles. The van der Waals surface area contributed by atoms with Gasteiger partial charge in [0.05, 0.1) is 0 Å². The monoisotopic (exact) mass is 348 g/mol. The fraction of sp³-hybridized carbons (Fsp3) is 0.316. The number of rotatable bonds is 6. The Morgan fingerprint density at radius 3 is 1.83 bits per heavy atom. The lowest BCUT2D eigenvalue weighted by Crippen LogP contribution is -2.54. The molecule has 2 rings (SSSR count). The van der Waals surface area contributed by atoms with Crippen LogP contribution in [0.1, 0.15) is 22.8 Å². The van der Waals surface area contributed by atoms with E-state index in [-0.39, 0.29) is 5.56 Å².